The molecule has 1 heterocycles. The molecule has 28 heavy (non-hydrogen) atoms. The van der Waals surface area contributed by atoms with Gasteiger partial charge < -0.3 is 14.5 Å². The molecular weight excluding hydrogens is 365 g/mol. The molecule has 7 nitrogen and oxygen atoms in total. The number of anilines is 1. The van der Waals surface area contributed by atoms with E-state index in [1.807, 2.05) is 0 Å². The van der Waals surface area contributed by atoms with Crippen LogP contribution in [0.5, 0.6) is 5.75 Å². The van der Waals surface area contributed by atoms with E-state index >= 15 is 0 Å². The molecule has 1 aliphatic rings. The van der Waals surface area contributed by atoms with Gasteiger partial charge in [-0.1, -0.05) is 6.07 Å². The molecule has 2 aromatic carbocycles. The van der Waals surface area contributed by atoms with Crippen molar-refractivity contribution in [3.63, 3.8) is 0 Å². The van der Waals surface area contributed by atoms with Crippen LogP contribution in [0.2, 0.25) is 0 Å². The lowest BCUT2D eigenvalue weighted by atomic mass is 10.2. The van der Waals surface area contributed by atoms with Gasteiger partial charge in [0.2, 0.25) is 0 Å². The molecule has 0 bridgehead atoms. The Labute approximate surface area is 162 Å². The highest BCUT2D eigenvalue weighted by atomic mass is 19.1. The highest BCUT2D eigenvalue weighted by Gasteiger charge is 2.23. The number of carbonyl (C=O) groups excluding carboxylic acids is 1. The summed E-state index contributed by atoms with van der Waals surface area (Å²) in [7, 11) is 0. The zero-order valence-electron chi connectivity index (χ0n) is 15.6. The van der Waals surface area contributed by atoms with Gasteiger partial charge in [0.25, 0.3) is 5.91 Å². The predicted molar refractivity (Wildman–Crippen MR) is 103 cm³/mol. The first-order valence-electron chi connectivity index (χ1n) is 9.20. The molecule has 0 radical (unpaired) electrons. The second-order valence-electron chi connectivity index (χ2n) is 6.49. The number of carbonyl (C=O) groups is 1. The van der Waals surface area contributed by atoms with Crippen molar-refractivity contribution in [1.29, 1.82) is 0 Å². The maximum Gasteiger partial charge on any atom is 0.311 e. The van der Waals surface area contributed by atoms with Crippen LogP contribution in [-0.2, 0) is 0 Å². The van der Waals surface area contributed by atoms with Crippen molar-refractivity contribution in [2.45, 2.75) is 13.3 Å². The van der Waals surface area contributed by atoms with Gasteiger partial charge in [-0.05, 0) is 37.6 Å². The molecule has 148 valence electrons. The van der Waals surface area contributed by atoms with E-state index in [1.165, 1.54) is 24.3 Å². The number of nitro benzene ring substituents is 1. The number of hydrogen-bond donors (Lipinski definition) is 0. The summed E-state index contributed by atoms with van der Waals surface area (Å²) in [5.74, 6) is -0.390. The van der Waals surface area contributed by atoms with Crippen LogP contribution in [0.3, 0.4) is 0 Å². The van der Waals surface area contributed by atoms with Gasteiger partial charge in [-0.15, -0.1) is 0 Å². The first-order chi connectivity index (χ1) is 13.5. The van der Waals surface area contributed by atoms with Crippen molar-refractivity contribution in [2.75, 3.05) is 37.7 Å². The summed E-state index contributed by atoms with van der Waals surface area (Å²) in [6.07, 6.45) is 0.738. The summed E-state index contributed by atoms with van der Waals surface area (Å²) in [4.78, 5) is 27.1. The van der Waals surface area contributed by atoms with Gasteiger partial charge in [0, 0.05) is 49.6 Å². The predicted octanol–water partition coefficient (Wildman–Crippen LogP) is 3.49. The normalized spacial score (nSPS) is 14.5. The molecule has 2 aromatic rings. The van der Waals surface area contributed by atoms with Crippen molar-refractivity contribution in [3.8, 4) is 5.75 Å². The first kappa shape index (κ1) is 19.6. The van der Waals surface area contributed by atoms with Gasteiger partial charge in [0.05, 0.1) is 11.5 Å². The first-order valence-corrected chi connectivity index (χ1v) is 9.20. The van der Waals surface area contributed by atoms with E-state index in [9.17, 15) is 19.3 Å². The topological polar surface area (TPSA) is 75.9 Å². The van der Waals surface area contributed by atoms with Crippen LogP contribution in [0.25, 0.3) is 0 Å². The fourth-order valence-electron chi connectivity index (χ4n) is 3.30. The molecule has 0 saturated carbocycles. The average Bonchev–Trinajstić information content (AvgIpc) is 2.93. The smallest absolute Gasteiger partial charge is 0.311 e. The SMILES string of the molecule is CCOc1cc(N2CCCN(C(=O)c3cccc(F)c3)CC2)ccc1[N+](=O)[O-]. The lowest BCUT2D eigenvalue weighted by Gasteiger charge is -2.24. The maximum absolute atomic E-state index is 13.4. The summed E-state index contributed by atoms with van der Waals surface area (Å²) in [5, 5.41) is 11.2. The van der Waals surface area contributed by atoms with Crippen LogP contribution in [0.15, 0.2) is 42.5 Å². The zero-order valence-corrected chi connectivity index (χ0v) is 15.6. The molecule has 0 atom stereocenters. The third kappa shape index (κ3) is 4.39. The minimum Gasteiger partial charge on any atom is -0.487 e. The number of rotatable bonds is 5. The Morgan fingerprint density at radius 1 is 1.18 bits per heavy atom. The number of ether oxygens (including phenoxy) is 1. The van der Waals surface area contributed by atoms with Crippen molar-refractivity contribution < 1.29 is 18.8 Å². The Morgan fingerprint density at radius 2 is 2.00 bits per heavy atom. The standard InChI is InChI=1S/C20H22FN3O4/c1-2-28-19-14-17(7-8-18(19)24(26)27)22-9-4-10-23(12-11-22)20(25)15-5-3-6-16(21)13-15/h3,5-8,13-14H,2,4,9-12H2,1H3. The Kier molecular flexibility index (Phi) is 6.08. The molecular formula is C20H22FN3O4. The largest absolute Gasteiger partial charge is 0.487 e. The van der Waals surface area contributed by atoms with Crippen molar-refractivity contribution in [2.24, 2.45) is 0 Å². The highest BCUT2D eigenvalue weighted by Crippen LogP contribution is 2.32. The zero-order chi connectivity index (χ0) is 20.1. The van der Waals surface area contributed by atoms with E-state index in [-0.39, 0.29) is 17.3 Å². The Hall–Kier alpha value is -3.16. The van der Waals surface area contributed by atoms with Crippen LogP contribution in [-0.4, -0.2) is 48.5 Å². The fraction of sp³-hybridized carbons (Fsp3) is 0.350. The van der Waals surface area contributed by atoms with Gasteiger partial charge >= 0.3 is 5.69 Å². The molecule has 1 fully saturated rings. The van der Waals surface area contributed by atoms with Crippen LogP contribution >= 0.6 is 0 Å². The van der Waals surface area contributed by atoms with Gasteiger partial charge in [0.15, 0.2) is 5.75 Å². The van der Waals surface area contributed by atoms with E-state index in [2.05, 4.69) is 4.90 Å². The molecule has 0 spiro atoms. The van der Waals surface area contributed by atoms with E-state index in [0.29, 0.717) is 38.3 Å². The van der Waals surface area contributed by atoms with Gasteiger partial charge in [-0.2, -0.15) is 0 Å². The molecule has 1 aliphatic heterocycles. The molecule has 0 aliphatic carbocycles. The number of hydrogen-bond acceptors (Lipinski definition) is 5. The van der Waals surface area contributed by atoms with Crippen molar-refractivity contribution in [3.05, 3.63) is 64.0 Å². The second kappa shape index (κ2) is 8.69. The van der Waals surface area contributed by atoms with Crippen LogP contribution < -0.4 is 9.64 Å². The second-order valence-corrected chi connectivity index (χ2v) is 6.49. The molecule has 0 aromatic heterocycles. The minimum absolute atomic E-state index is 0.0664. The Balaban J connectivity index is 1.74. The van der Waals surface area contributed by atoms with E-state index < -0.39 is 10.7 Å². The summed E-state index contributed by atoms with van der Waals surface area (Å²) in [5.41, 5.74) is 1.08. The third-order valence-electron chi connectivity index (χ3n) is 4.66. The van der Waals surface area contributed by atoms with Gasteiger partial charge in [0.1, 0.15) is 5.82 Å². The Bertz CT molecular complexity index is 874. The average molecular weight is 387 g/mol. The maximum atomic E-state index is 13.4. The van der Waals surface area contributed by atoms with E-state index in [1.54, 1.807) is 30.0 Å². The molecule has 8 heteroatoms. The lowest BCUT2D eigenvalue weighted by Crippen LogP contribution is -2.35. The molecule has 1 amide bonds. The number of nitrogens with zero attached hydrogens (tertiary/aromatic N) is 3. The minimum atomic E-state index is -0.462. The van der Waals surface area contributed by atoms with E-state index in [0.717, 1.165) is 12.1 Å². The van der Waals surface area contributed by atoms with E-state index in [4.69, 9.17) is 4.74 Å². The number of halogens is 1. The lowest BCUT2D eigenvalue weighted by molar-refractivity contribution is -0.385. The highest BCUT2D eigenvalue weighted by molar-refractivity contribution is 5.94. The molecule has 3 rings (SSSR count). The summed E-state index contributed by atoms with van der Waals surface area (Å²) < 4.78 is 18.8. The summed E-state index contributed by atoms with van der Waals surface area (Å²) in [6.45, 7) is 4.44. The summed E-state index contributed by atoms with van der Waals surface area (Å²) in [6, 6.07) is 10.5. The Morgan fingerprint density at radius 3 is 2.71 bits per heavy atom. The number of amides is 1. The number of nitro groups is 1. The molecule has 1 saturated heterocycles. The quantitative estimate of drug-likeness (QED) is 0.580. The van der Waals surface area contributed by atoms with Crippen LogP contribution in [0.4, 0.5) is 15.8 Å². The van der Waals surface area contributed by atoms with Gasteiger partial charge in [-0.3, -0.25) is 14.9 Å². The van der Waals surface area contributed by atoms with Crippen molar-refractivity contribution in [1.82, 2.24) is 4.90 Å². The fourth-order valence-corrected chi connectivity index (χ4v) is 3.30. The molecule has 0 N–H and O–H groups in total. The number of benzene rings is 2. The van der Waals surface area contributed by atoms with Gasteiger partial charge in [-0.25, -0.2) is 4.39 Å². The monoisotopic (exact) mass is 387 g/mol. The molecule has 0 unspecified atom stereocenters. The van der Waals surface area contributed by atoms with Crippen molar-refractivity contribution >= 4 is 17.3 Å². The summed E-state index contributed by atoms with van der Waals surface area (Å²) >= 11 is 0. The third-order valence-corrected chi connectivity index (χ3v) is 4.66. The van der Waals surface area contributed by atoms with Crippen LogP contribution in [0, 0.1) is 15.9 Å². The van der Waals surface area contributed by atoms with Crippen LogP contribution in [0.1, 0.15) is 23.7 Å².